The number of rotatable bonds is 2. The summed E-state index contributed by atoms with van der Waals surface area (Å²) in [6, 6.07) is 11.8. The lowest BCUT2D eigenvalue weighted by Crippen LogP contribution is -2.17. The molecule has 2 aromatic rings. The third-order valence-electron chi connectivity index (χ3n) is 2.18. The largest absolute Gasteiger partial charge is 0.573 e. The van der Waals surface area contributed by atoms with Crippen molar-refractivity contribution in [2.75, 3.05) is 0 Å². The van der Waals surface area contributed by atoms with Crippen molar-refractivity contribution in [2.24, 2.45) is 0 Å². The maximum atomic E-state index is 12.7. The predicted molar refractivity (Wildman–Crippen MR) is 57.4 cm³/mol. The van der Waals surface area contributed by atoms with Crippen molar-refractivity contribution in [3.8, 4) is 16.9 Å². The minimum atomic E-state index is -4.73. The van der Waals surface area contributed by atoms with Crippen LogP contribution in [0.5, 0.6) is 5.75 Å². The molecule has 0 atom stereocenters. The van der Waals surface area contributed by atoms with Crippen LogP contribution in [-0.2, 0) is 0 Å². The molecule has 0 fully saturated rings. The average molecular weight is 255 g/mol. The zero-order chi connectivity index (χ0) is 13.2. The Balaban J connectivity index is 2.29. The highest BCUT2D eigenvalue weighted by Crippen LogP contribution is 2.27. The number of halogens is 4. The maximum Gasteiger partial charge on any atom is 0.573 e. The van der Waals surface area contributed by atoms with Crippen LogP contribution in [0.3, 0.4) is 0 Å². The summed E-state index contributed by atoms with van der Waals surface area (Å²) in [5.41, 5.74) is 1.05. The van der Waals surface area contributed by atoms with Gasteiger partial charge in [-0.15, -0.1) is 13.2 Å². The van der Waals surface area contributed by atoms with E-state index in [4.69, 9.17) is 0 Å². The van der Waals surface area contributed by atoms with Gasteiger partial charge in [0.15, 0.2) is 0 Å². The Kier molecular flexibility index (Phi) is 3.23. The number of alkyl halides is 3. The minimum Gasteiger partial charge on any atom is -0.406 e. The lowest BCUT2D eigenvalue weighted by atomic mass is 10.1. The maximum absolute atomic E-state index is 12.7. The van der Waals surface area contributed by atoms with E-state index in [-0.39, 0.29) is 5.75 Å². The molecule has 0 saturated heterocycles. The summed E-state index contributed by atoms with van der Waals surface area (Å²) in [4.78, 5) is 0. The average Bonchev–Trinajstić information content (AvgIpc) is 2.28. The van der Waals surface area contributed by atoms with Gasteiger partial charge >= 0.3 is 6.36 Å². The molecule has 0 bridgehead atoms. The van der Waals surface area contributed by atoms with E-state index in [1.807, 2.05) is 0 Å². The molecular weight excluding hydrogens is 248 g/mol. The van der Waals surface area contributed by atoms with E-state index in [0.717, 1.165) is 0 Å². The van der Waals surface area contributed by atoms with E-state index < -0.39 is 12.2 Å². The van der Waals surface area contributed by atoms with Gasteiger partial charge in [0.25, 0.3) is 0 Å². The molecule has 0 aliphatic carbocycles. The molecule has 0 heterocycles. The molecule has 2 aromatic carbocycles. The van der Waals surface area contributed by atoms with Crippen LogP contribution in [0, 0.1) is 11.9 Å². The Morgan fingerprint density at radius 2 is 1.78 bits per heavy atom. The molecule has 0 spiro atoms. The van der Waals surface area contributed by atoms with E-state index in [1.54, 1.807) is 6.07 Å². The van der Waals surface area contributed by atoms with Crippen molar-refractivity contribution in [3.05, 3.63) is 54.3 Å². The molecule has 0 N–H and O–H groups in total. The topological polar surface area (TPSA) is 9.23 Å². The van der Waals surface area contributed by atoms with Crippen LogP contribution in [0.4, 0.5) is 17.6 Å². The Bertz CT molecular complexity index is 531. The number of hydrogen-bond acceptors (Lipinski definition) is 1. The van der Waals surface area contributed by atoms with Crippen molar-refractivity contribution >= 4 is 0 Å². The van der Waals surface area contributed by atoms with Crippen LogP contribution >= 0.6 is 0 Å². The lowest BCUT2D eigenvalue weighted by molar-refractivity contribution is -0.274. The summed E-state index contributed by atoms with van der Waals surface area (Å²) in [6.07, 6.45) is -4.73. The van der Waals surface area contributed by atoms with Gasteiger partial charge in [0.05, 0.1) is 0 Å². The molecule has 5 heteroatoms. The molecule has 1 nitrogen and oxygen atoms in total. The number of hydrogen-bond donors (Lipinski definition) is 0. The Hall–Kier alpha value is -2.04. The van der Waals surface area contributed by atoms with Gasteiger partial charge in [-0.25, -0.2) is 4.39 Å². The fourth-order valence-corrected chi connectivity index (χ4v) is 1.46. The monoisotopic (exact) mass is 255 g/mol. The first-order chi connectivity index (χ1) is 8.44. The summed E-state index contributed by atoms with van der Waals surface area (Å²) < 4.78 is 52.6. The van der Waals surface area contributed by atoms with Crippen LogP contribution in [0.2, 0.25) is 0 Å². The van der Waals surface area contributed by atoms with Crippen molar-refractivity contribution in [3.63, 3.8) is 0 Å². The van der Waals surface area contributed by atoms with Gasteiger partial charge in [-0.2, -0.15) is 0 Å². The standard InChI is InChI=1S/C13H7F4O/c14-11-6-4-9(5-7-11)10-2-1-3-12(8-10)18-13(15,16)17/h1-6,8H. The van der Waals surface area contributed by atoms with E-state index in [2.05, 4.69) is 10.8 Å². The Labute approximate surface area is 101 Å². The first kappa shape index (κ1) is 12.4. The van der Waals surface area contributed by atoms with Crippen LogP contribution in [0.25, 0.3) is 11.1 Å². The molecule has 0 saturated carbocycles. The van der Waals surface area contributed by atoms with E-state index >= 15 is 0 Å². The second-order valence-electron chi connectivity index (χ2n) is 3.50. The highest BCUT2D eigenvalue weighted by Gasteiger charge is 2.31. The lowest BCUT2D eigenvalue weighted by Gasteiger charge is -2.10. The van der Waals surface area contributed by atoms with Gasteiger partial charge < -0.3 is 4.74 Å². The predicted octanol–water partition coefficient (Wildman–Crippen LogP) is 4.19. The molecule has 2 rings (SSSR count). The van der Waals surface area contributed by atoms with Crippen molar-refractivity contribution in [2.45, 2.75) is 6.36 Å². The van der Waals surface area contributed by atoms with Crippen molar-refractivity contribution in [1.29, 1.82) is 0 Å². The van der Waals surface area contributed by atoms with Crippen LogP contribution < -0.4 is 4.74 Å². The van der Waals surface area contributed by atoms with E-state index in [1.165, 1.54) is 36.4 Å². The molecule has 0 aliphatic rings. The first-order valence-electron chi connectivity index (χ1n) is 4.97. The summed E-state index contributed by atoms with van der Waals surface area (Å²) in [6.45, 7) is 0. The fourth-order valence-electron chi connectivity index (χ4n) is 1.46. The Morgan fingerprint density at radius 1 is 1.00 bits per heavy atom. The molecule has 93 valence electrons. The highest BCUT2D eigenvalue weighted by molar-refractivity contribution is 5.64. The molecule has 1 radical (unpaired) electrons. The van der Waals surface area contributed by atoms with Gasteiger partial charge in [-0.1, -0.05) is 18.2 Å². The third-order valence-corrected chi connectivity index (χ3v) is 2.18. The summed E-state index contributed by atoms with van der Waals surface area (Å²) in [5, 5.41) is 0. The van der Waals surface area contributed by atoms with Gasteiger partial charge in [-0.05, 0) is 35.4 Å². The normalized spacial score (nSPS) is 11.3. The van der Waals surface area contributed by atoms with E-state index in [9.17, 15) is 17.6 Å². The van der Waals surface area contributed by atoms with E-state index in [0.29, 0.717) is 11.1 Å². The SMILES string of the molecule is Fc1[c]cc(-c2cccc(OC(F)(F)F)c2)cc1. The minimum absolute atomic E-state index is 0.315. The summed E-state index contributed by atoms with van der Waals surface area (Å²) >= 11 is 0. The number of benzene rings is 2. The zero-order valence-corrected chi connectivity index (χ0v) is 8.96. The van der Waals surface area contributed by atoms with Crippen LogP contribution in [0.1, 0.15) is 0 Å². The van der Waals surface area contributed by atoms with Gasteiger partial charge in [-0.3, -0.25) is 0 Å². The zero-order valence-electron chi connectivity index (χ0n) is 8.96. The van der Waals surface area contributed by atoms with Gasteiger partial charge in [0.1, 0.15) is 11.6 Å². The smallest absolute Gasteiger partial charge is 0.406 e. The third kappa shape index (κ3) is 3.23. The summed E-state index contributed by atoms with van der Waals surface area (Å²) in [5.74, 6) is -0.842. The fraction of sp³-hybridized carbons (Fsp3) is 0.0769. The van der Waals surface area contributed by atoms with Gasteiger partial charge in [0.2, 0.25) is 0 Å². The second kappa shape index (κ2) is 4.68. The molecule has 0 aliphatic heterocycles. The first-order valence-corrected chi connectivity index (χ1v) is 4.97. The van der Waals surface area contributed by atoms with Crippen molar-refractivity contribution in [1.82, 2.24) is 0 Å². The quantitative estimate of drug-likeness (QED) is 0.731. The van der Waals surface area contributed by atoms with Crippen LogP contribution in [0.15, 0.2) is 42.5 Å². The molecule has 18 heavy (non-hydrogen) atoms. The van der Waals surface area contributed by atoms with Gasteiger partial charge in [0, 0.05) is 6.07 Å². The number of ether oxygens (including phenoxy) is 1. The Morgan fingerprint density at radius 3 is 2.39 bits per heavy atom. The molecule has 0 amide bonds. The molecule has 0 unspecified atom stereocenters. The second-order valence-corrected chi connectivity index (χ2v) is 3.50. The summed E-state index contributed by atoms with van der Waals surface area (Å²) in [7, 11) is 0. The van der Waals surface area contributed by atoms with Crippen LogP contribution in [-0.4, -0.2) is 6.36 Å². The molecule has 0 aromatic heterocycles. The van der Waals surface area contributed by atoms with Crippen molar-refractivity contribution < 1.29 is 22.3 Å². The molecular formula is C13H7F4O. The highest BCUT2D eigenvalue weighted by atomic mass is 19.4.